The maximum atomic E-state index is 12.3. The second-order valence-electron chi connectivity index (χ2n) is 7.91. The molecule has 0 aliphatic heterocycles. The van der Waals surface area contributed by atoms with Gasteiger partial charge < -0.3 is 20.8 Å². The average molecular weight is 480 g/mol. The van der Waals surface area contributed by atoms with Crippen molar-refractivity contribution in [2.45, 2.75) is 6.92 Å². The Hall–Kier alpha value is -5.25. The van der Waals surface area contributed by atoms with E-state index in [1.165, 1.54) is 6.92 Å². The van der Waals surface area contributed by atoms with Gasteiger partial charge in [-0.05, 0) is 60.7 Å². The third-order valence-corrected chi connectivity index (χ3v) is 5.26. The summed E-state index contributed by atoms with van der Waals surface area (Å²) in [6.45, 7) is 1.43. The number of amides is 3. The highest BCUT2D eigenvalue weighted by Crippen LogP contribution is 2.28. The lowest BCUT2D eigenvalue weighted by Gasteiger charge is -2.09. The van der Waals surface area contributed by atoms with E-state index < -0.39 is 6.03 Å². The Bertz CT molecular complexity index is 1550. The van der Waals surface area contributed by atoms with E-state index in [0.29, 0.717) is 39.9 Å². The lowest BCUT2D eigenvalue weighted by Crippen LogP contribution is -2.20. The van der Waals surface area contributed by atoms with Crippen LogP contribution < -0.4 is 21.7 Å². The number of fused-ring (bicyclic) bond motifs is 1. The molecule has 5 rings (SSSR count). The molecule has 36 heavy (non-hydrogen) atoms. The molecule has 0 aliphatic carbocycles. The van der Waals surface area contributed by atoms with Crippen LogP contribution in [0.1, 0.15) is 6.92 Å². The van der Waals surface area contributed by atoms with Gasteiger partial charge >= 0.3 is 6.03 Å². The number of urea groups is 1. The second kappa shape index (κ2) is 9.55. The second-order valence-corrected chi connectivity index (χ2v) is 7.91. The predicted molar refractivity (Wildman–Crippen MR) is 138 cm³/mol. The van der Waals surface area contributed by atoms with E-state index in [9.17, 15) is 9.59 Å². The van der Waals surface area contributed by atoms with Gasteiger partial charge in [0.25, 0.3) is 0 Å². The van der Waals surface area contributed by atoms with Gasteiger partial charge in [0, 0.05) is 41.0 Å². The first-order valence-corrected chi connectivity index (χ1v) is 11.0. The molecule has 0 unspecified atom stereocenters. The molecule has 0 atom stereocenters. The molecule has 3 aromatic heterocycles. The standard InChI is InChI=1S/C26H21N7O3/c1-15(34)29-18-6-8-19(9-7-18)30-26(35)32-23-11-5-17(14-28-23)25-31-21-13-16(22-3-2-12-36-22)4-10-20(21)24(27)33-25/h2-14H,1H3,(H,29,34)(H2,27,31,33)(H2,28,30,32,35). The van der Waals surface area contributed by atoms with Crippen LogP contribution in [0.15, 0.2) is 83.6 Å². The molecule has 3 amide bonds. The highest BCUT2D eigenvalue weighted by atomic mass is 16.3. The summed E-state index contributed by atoms with van der Waals surface area (Å²) in [5, 5.41) is 8.79. The normalized spacial score (nSPS) is 10.7. The number of aromatic nitrogens is 3. The van der Waals surface area contributed by atoms with E-state index in [1.807, 2.05) is 30.3 Å². The maximum absolute atomic E-state index is 12.3. The van der Waals surface area contributed by atoms with Crippen molar-refractivity contribution in [3.8, 4) is 22.7 Å². The summed E-state index contributed by atoms with van der Waals surface area (Å²) in [5.74, 6) is 1.68. The molecule has 0 spiro atoms. The van der Waals surface area contributed by atoms with Gasteiger partial charge in [0.05, 0.1) is 11.8 Å². The molecule has 10 nitrogen and oxygen atoms in total. The predicted octanol–water partition coefficient (Wildman–Crippen LogP) is 5.14. The van der Waals surface area contributed by atoms with Crippen molar-refractivity contribution in [2.24, 2.45) is 0 Å². The molecular weight excluding hydrogens is 458 g/mol. The number of nitrogen functional groups attached to an aromatic ring is 1. The van der Waals surface area contributed by atoms with Gasteiger partial charge in [0.15, 0.2) is 5.82 Å². The third-order valence-electron chi connectivity index (χ3n) is 5.26. The van der Waals surface area contributed by atoms with Gasteiger partial charge in [-0.25, -0.2) is 19.7 Å². The molecule has 0 bridgehead atoms. The summed E-state index contributed by atoms with van der Waals surface area (Å²) >= 11 is 0. The van der Waals surface area contributed by atoms with Gasteiger partial charge in [0.1, 0.15) is 17.4 Å². The van der Waals surface area contributed by atoms with E-state index in [2.05, 4.69) is 30.9 Å². The lowest BCUT2D eigenvalue weighted by molar-refractivity contribution is -0.114. The number of furan rings is 1. The monoisotopic (exact) mass is 479 g/mol. The molecule has 0 aliphatic rings. The van der Waals surface area contributed by atoms with Crippen molar-refractivity contribution in [1.82, 2.24) is 15.0 Å². The number of nitrogens with zero attached hydrogens (tertiary/aromatic N) is 3. The Morgan fingerprint density at radius 1 is 0.861 bits per heavy atom. The van der Waals surface area contributed by atoms with E-state index in [4.69, 9.17) is 10.2 Å². The number of nitrogens with two attached hydrogens (primary N) is 1. The Balaban J connectivity index is 1.30. The van der Waals surface area contributed by atoms with E-state index in [1.54, 1.807) is 48.9 Å². The molecule has 0 radical (unpaired) electrons. The summed E-state index contributed by atoms with van der Waals surface area (Å²) in [6.07, 6.45) is 3.18. The summed E-state index contributed by atoms with van der Waals surface area (Å²) in [4.78, 5) is 36.8. The highest BCUT2D eigenvalue weighted by Gasteiger charge is 2.11. The minimum atomic E-state index is -0.459. The third kappa shape index (κ3) is 4.97. The molecule has 5 N–H and O–H groups in total. The fraction of sp³-hybridized carbons (Fsp3) is 0.0385. The van der Waals surface area contributed by atoms with Crippen LogP contribution in [0.5, 0.6) is 0 Å². The number of hydrogen-bond donors (Lipinski definition) is 4. The molecule has 0 saturated heterocycles. The van der Waals surface area contributed by atoms with Crippen LogP contribution in [0.3, 0.4) is 0 Å². The van der Waals surface area contributed by atoms with Crippen LogP contribution in [0.4, 0.5) is 27.8 Å². The van der Waals surface area contributed by atoms with E-state index >= 15 is 0 Å². The fourth-order valence-electron chi connectivity index (χ4n) is 3.60. The zero-order chi connectivity index (χ0) is 25.1. The average Bonchev–Trinajstić information content (AvgIpc) is 3.40. The molecular formula is C26H21N7O3. The van der Waals surface area contributed by atoms with Crippen LogP contribution in [0.2, 0.25) is 0 Å². The SMILES string of the molecule is CC(=O)Nc1ccc(NC(=O)Nc2ccc(-c3nc(N)c4ccc(-c5ccco5)cc4n3)cn2)cc1. The lowest BCUT2D eigenvalue weighted by atomic mass is 10.1. The van der Waals surface area contributed by atoms with Crippen LogP contribution in [-0.4, -0.2) is 26.9 Å². The van der Waals surface area contributed by atoms with Gasteiger partial charge in [-0.1, -0.05) is 6.07 Å². The molecule has 178 valence electrons. The molecule has 10 heteroatoms. The number of anilines is 4. The maximum Gasteiger partial charge on any atom is 0.324 e. The number of pyridine rings is 1. The van der Waals surface area contributed by atoms with E-state index in [0.717, 1.165) is 16.7 Å². The first kappa shape index (κ1) is 22.5. The quantitative estimate of drug-likeness (QED) is 0.273. The molecule has 2 aromatic carbocycles. The van der Waals surface area contributed by atoms with Gasteiger partial charge in [-0.3, -0.25) is 10.1 Å². The molecule has 3 heterocycles. The number of rotatable bonds is 5. The Morgan fingerprint density at radius 2 is 1.61 bits per heavy atom. The first-order valence-electron chi connectivity index (χ1n) is 11.0. The zero-order valence-corrected chi connectivity index (χ0v) is 19.1. The highest BCUT2D eigenvalue weighted by molar-refractivity contribution is 5.99. The van der Waals surface area contributed by atoms with Crippen molar-refractivity contribution in [3.63, 3.8) is 0 Å². The van der Waals surface area contributed by atoms with Crippen LogP contribution in [0.25, 0.3) is 33.6 Å². The molecule has 0 fully saturated rings. The minimum Gasteiger partial charge on any atom is -0.464 e. The number of benzene rings is 2. The Labute approximate surface area is 205 Å². The van der Waals surface area contributed by atoms with Crippen LogP contribution >= 0.6 is 0 Å². The minimum absolute atomic E-state index is 0.168. The number of hydrogen-bond acceptors (Lipinski definition) is 7. The molecule has 0 saturated carbocycles. The van der Waals surface area contributed by atoms with Crippen molar-refractivity contribution in [3.05, 3.63) is 79.2 Å². The summed E-state index contributed by atoms with van der Waals surface area (Å²) in [5.41, 5.74) is 9.59. The van der Waals surface area contributed by atoms with Crippen molar-refractivity contribution < 1.29 is 14.0 Å². The van der Waals surface area contributed by atoms with Crippen molar-refractivity contribution in [2.75, 3.05) is 21.7 Å². The van der Waals surface area contributed by atoms with Crippen LogP contribution in [0, 0.1) is 0 Å². The summed E-state index contributed by atoms with van der Waals surface area (Å²) in [6, 6.07) is 19.1. The Morgan fingerprint density at radius 3 is 2.28 bits per heavy atom. The first-order chi connectivity index (χ1) is 17.4. The van der Waals surface area contributed by atoms with Gasteiger partial charge in [-0.2, -0.15) is 0 Å². The summed E-state index contributed by atoms with van der Waals surface area (Å²) in [7, 11) is 0. The summed E-state index contributed by atoms with van der Waals surface area (Å²) < 4.78 is 5.48. The van der Waals surface area contributed by atoms with Crippen LogP contribution in [-0.2, 0) is 4.79 Å². The van der Waals surface area contributed by atoms with Gasteiger partial charge in [0.2, 0.25) is 5.91 Å². The molecule has 5 aromatic rings. The van der Waals surface area contributed by atoms with E-state index in [-0.39, 0.29) is 5.91 Å². The number of carbonyl (C=O) groups excluding carboxylic acids is 2. The topological polar surface area (TPSA) is 148 Å². The van der Waals surface area contributed by atoms with Gasteiger partial charge in [-0.15, -0.1) is 0 Å². The largest absolute Gasteiger partial charge is 0.464 e. The number of nitrogens with one attached hydrogen (secondary N) is 3. The Kier molecular flexibility index (Phi) is 5.98. The number of carbonyl (C=O) groups is 2. The smallest absolute Gasteiger partial charge is 0.324 e. The fourth-order valence-corrected chi connectivity index (χ4v) is 3.60. The van der Waals surface area contributed by atoms with Crippen molar-refractivity contribution >= 4 is 45.9 Å². The van der Waals surface area contributed by atoms with Crippen molar-refractivity contribution in [1.29, 1.82) is 0 Å². The zero-order valence-electron chi connectivity index (χ0n) is 19.1.